The number of nitrogens with zero attached hydrogens (tertiary/aromatic N) is 1. The van der Waals surface area contributed by atoms with Crippen molar-refractivity contribution in [1.29, 1.82) is 0 Å². The zero-order valence-electron chi connectivity index (χ0n) is 14.1. The molecule has 2 heteroatoms. The average molecular weight is 288 g/mol. The fourth-order valence-corrected chi connectivity index (χ4v) is 3.48. The summed E-state index contributed by atoms with van der Waals surface area (Å²) >= 11 is 0. The molecule has 1 fully saturated rings. The quantitative estimate of drug-likeness (QED) is 0.405. The summed E-state index contributed by atoms with van der Waals surface area (Å²) in [5.74, 6) is 0. The molecule has 0 bridgehead atoms. The second-order valence-electron chi connectivity index (χ2n) is 7.03. The second-order valence-corrected chi connectivity index (χ2v) is 7.03. The number of hydrogen-bond acceptors (Lipinski definition) is 0. The van der Waals surface area contributed by atoms with Crippen LogP contribution in [0, 0.1) is 0 Å². The van der Waals surface area contributed by atoms with E-state index in [9.17, 15) is 0 Å². The maximum atomic E-state index is 2.48. The van der Waals surface area contributed by atoms with Crippen LogP contribution in [0.25, 0.3) is 0 Å². The van der Waals surface area contributed by atoms with E-state index in [4.69, 9.17) is 0 Å². The number of likely N-dealkylation sites (tertiary alicyclic amines) is 1. The predicted octanol–water partition coefficient (Wildman–Crippen LogP) is 2.54. The van der Waals surface area contributed by atoms with Crippen LogP contribution in [0.4, 0.5) is 0 Å². The van der Waals surface area contributed by atoms with Crippen molar-refractivity contribution in [2.45, 2.75) is 90.4 Å². The topological polar surface area (TPSA) is 0 Å². The van der Waals surface area contributed by atoms with Crippen LogP contribution in [0.15, 0.2) is 0 Å². The molecular weight excluding hydrogens is 249 g/mol. The van der Waals surface area contributed by atoms with Crippen LogP contribution in [0.3, 0.4) is 0 Å². The first-order valence-corrected chi connectivity index (χ1v) is 9.10. The molecule has 1 nitrogen and oxygen atoms in total. The van der Waals surface area contributed by atoms with Gasteiger partial charge in [-0.3, -0.25) is 0 Å². The number of piperidine rings is 1. The van der Waals surface area contributed by atoms with Crippen molar-refractivity contribution in [3.05, 3.63) is 0 Å². The van der Waals surface area contributed by atoms with Crippen LogP contribution in [-0.2, 0) is 0 Å². The van der Waals surface area contributed by atoms with Crippen molar-refractivity contribution < 1.29 is 9.19 Å². The van der Waals surface area contributed by atoms with Crippen LogP contribution in [0.5, 0.6) is 0 Å². The van der Waals surface area contributed by atoms with Gasteiger partial charge >= 0.3 is 0 Å². The molecular formula is C18H38FN. The fourth-order valence-electron chi connectivity index (χ4n) is 3.48. The zero-order valence-corrected chi connectivity index (χ0v) is 14.1. The molecule has 1 saturated heterocycles. The molecule has 0 aromatic heterocycles. The van der Waals surface area contributed by atoms with E-state index in [0.717, 1.165) is 0 Å². The molecule has 0 saturated carbocycles. The highest BCUT2D eigenvalue weighted by Crippen LogP contribution is 2.18. The number of unbranched alkanes of at least 4 members (excludes halogenated alkanes) is 9. The van der Waals surface area contributed by atoms with Crippen LogP contribution < -0.4 is 4.70 Å². The van der Waals surface area contributed by atoms with Crippen molar-refractivity contribution in [3.8, 4) is 0 Å². The smallest absolute Gasteiger partial charge is 0.0784 e. The van der Waals surface area contributed by atoms with Crippen LogP contribution >= 0.6 is 0 Å². The van der Waals surface area contributed by atoms with E-state index in [1.54, 1.807) is 0 Å². The van der Waals surface area contributed by atoms with Gasteiger partial charge in [-0.05, 0) is 32.1 Å². The summed E-state index contributed by atoms with van der Waals surface area (Å²) in [5.41, 5.74) is 0. The molecule has 0 amide bonds. The van der Waals surface area contributed by atoms with E-state index in [1.165, 1.54) is 108 Å². The third-order valence-electron chi connectivity index (χ3n) is 4.95. The van der Waals surface area contributed by atoms with E-state index in [2.05, 4.69) is 14.0 Å². The van der Waals surface area contributed by atoms with Gasteiger partial charge in [-0.2, -0.15) is 0 Å². The molecule has 20 heavy (non-hydrogen) atoms. The Morgan fingerprint density at radius 2 is 1.10 bits per heavy atom. The van der Waals surface area contributed by atoms with Crippen molar-refractivity contribution in [2.75, 3.05) is 26.7 Å². The molecule has 1 heterocycles. The molecule has 122 valence electrons. The van der Waals surface area contributed by atoms with Crippen LogP contribution in [0.2, 0.25) is 0 Å². The molecule has 0 N–H and O–H groups in total. The second kappa shape index (κ2) is 12.6. The summed E-state index contributed by atoms with van der Waals surface area (Å²) in [5, 5.41) is 0. The lowest BCUT2D eigenvalue weighted by atomic mass is 10.0. The van der Waals surface area contributed by atoms with Gasteiger partial charge in [-0.25, -0.2) is 0 Å². The highest BCUT2D eigenvalue weighted by molar-refractivity contribution is 4.53. The Morgan fingerprint density at radius 1 is 0.650 bits per heavy atom. The molecule has 0 aliphatic carbocycles. The lowest BCUT2D eigenvalue weighted by Gasteiger charge is -2.37. The van der Waals surface area contributed by atoms with Crippen molar-refractivity contribution in [2.24, 2.45) is 0 Å². The molecule has 0 unspecified atom stereocenters. The maximum Gasteiger partial charge on any atom is 0.0784 e. The van der Waals surface area contributed by atoms with E-state index in [0.29, 0.717) is 0 Å². The van der Waals surface area contributed by atoms with E-state index in [-0.39, 0.29) is 4.70 Å². The number of halogens is 1. The van der Waals surface area contributed by atoms with Crippen molar-refractivity contribution in [1.82, 2.24) is 0 Å². The Bertz CT molecular complexity index is 200. The Hall–Kier alpha value is -0.110. The van der Waals surface area contributed by atoms with E-state index >= 15 is 0 Å². The minimum atomic E-state index is 0. The fraction of sp³-hybridized carbons (Fsp3) is 1.00. The largest absolute Gasteiger partial charge is 1.00 e. The molecule has 0 radical (unpaired) electrons. The number of rotatable bonds is 11. The van der Waals surface area contributed by atoms with Gasteiger partial charge in [0.05, 0.1) is 26.7 Å². The van der Waals surface area contributed by atoms with Gasteiger partial charge in [0.2, 0.25) is 0 Å². The minimum Gasteiger partial charge on any atom is -1.00 e. The van der Waals surface area contributed by atoms with E-state index in [1.807, 2.05) is 0 Å². The normalized spacial score (nSPS) is 17.7. The Morgan fingerprint density at radius 3 is 1.60 bits per heavy atom. The van der Waals surface area contributed by atoms with Gasteiger partial charge in [0.15, 0.2) is 0 Å². The van der Waals surface area contributed by atoms with Gasteiger partial charge in [-0.15, -0.1) is 0 Å². The molecule has 0 aromatic rings. The molecule has 1 rings (SSSR count). The minimum absolute atomic E-state index is 0. The van der Waals surface area contributed by atoms with Gasteiger partial charge < -0.3 is 9.19 Å². The molecule has 0 atom stereocenters. The first-order chi connectivity index (χ1) is 9.27. The highest BCUT2D eigenvalue weighted by Gasteiger charge is 2.23. The third-order valence-corrected chi connectivity index (χ3v) is 4.95. The van der Waals surface area contributed by atoms with Gasteiger partial charge in [0.1, 0.15) is 0 Å². The third kappa shape index (κ3) is 9.74. The summed E-state index contributed by atoms with van der Waals surface area (Å²) in [6.07, 6.45) is 19.0. The summed E-state index contributed by atoms with van der Waals surface area (Å²) in [6.45, 7) is 6.62. The van der Waals surface area contributed by atoms with Gasteiger partial charge in [-0.1, -0.05) is 58.3 Å². The van der Waals surface area contributed by atoms with Crippen LogP contribution in [-0.4, -0.2) is 31.2 Å². The van der Waals surface area contributed by atoms with E-state index < -0.39 is 0 Å². The standard InChI is InChI=1S/C18H38N.FH/c1-3-4-5-6-7-8-9-10-11-13-16-19(2)17-14-12-15-18-19;/h3-18H2,1-2H3;1H/q+1;/p-1. The molecule has 0 spiro atoms. The predicted molar refractivity (Wildman–Crippen MR) is 86.5 cm³/mol. The highest BCUT2D eigenvalue weighted by atomic mass is 19.0. The Balaban J connectivity index is 0.00000361. The SMILES string of the molecule is CCCCCCCCCCCC[N+]1(C)CCCCC1.[F-]. The first kappa shape index (κ1) is 19.9. The Kier molecular flexibility index (Phi) is 12.5. The monoisotopic (exact) mass is 287 g/mol. The summed E-state index contributed by atoms with van der Waals surface area (Å²) in [7, 11) is 2.48. The molecule has 1 aliphatic heterocycles. The summed E-state index contributed by atoms with van der Waals surface area (Å²) < 4.78 is 1.37. The Labute approximate surface area is 127 Å². The summed E-state index contributed by atoms with van der Waals surface area (Å²) in [6, 6.07) is 0. The maximum absolute atomic E-state index is 2.48. The van der Waals surface area contributed by atoms with Crippen molar-refractivity contribution in [3.63, 3.8) is 0 Å². The van der Waals surface area contributed by atoms with Crippen LogP contribution in [0.1, 0.15) is 90.4 Å². The lowest BCUT2D eigenvalue weighted by Crippen LogP contribution is -3.00. The zero-order chi connectivity index (χ0) is 13.8. The van der Waals surface area contributed by atoms with Gasteiger partial charge in [0, 0.05) is 0 Å². The molecule has 1 aliphatic rings. The van der Waals surface area contributed by atoms with Gasteiger partial charge in [0.25, 0.3) is 0 Å². The summed E-state index contributed by atoms with van der Waals surface area (Å²) in [4.78, 5) is 0. The number of hydrogen-bond donors (Lipinski definition) is 0. The lowest BCUT2D eigenvalue weighted by molar-refractivity contribution is -0.914. The molecule has 0 aromatic carbocycles. The van der Waals surface area contributed by atoms with Crippen molar-refractivity contribution >= 4 is 0 Å². The average Bonchev–Trinajstić information content (AvgIpc) is 2.42. The number of quaternary nitrogens is 1. The first-order valence-electron chi connectivity index (χ1n) is 9.10.